The maximum Gasteiger partial charge on any atom is 0.113 e. The molecule has 1 saturated heterocycles. The summed E-state index contributed by atoms with van der Waals surface area (Å²) in [6, 6.07) is 8.09. The van der Waals surface area contributed by atoms with Crippen molar-refractivity contribution < 1.29 is 5.21 Å². The number of likely N-dealkylation sites (N-methyl/N-ethyl adjacent to an activating group) is 1. The molecule has 1 heterocycles. The van der Waals surface area contributed by atoms with Gasteiger partial charge in [0.15, 0.2) is 0 Å². The SMILES string of the molecule is CN(C)CCN1CCN(c2ccc(N=CNO)cc2)CC1.Cl. The molecule has 1 aromatic rings. The van der Waals surface area contributed by atoms with Gasteiger partial charge in [-0.15, -0.1) is 12.4 Å². The maximum atomic E-state index is 8.47. The second-order valence-corrected chi connectivity index (χ2v) is 5.54. The molecular weight excluding hydrogens is 302 g/mol. The number of rotatable bonds is 6. The molecule has 0 saturated carbocycles. The highest BCUT2D eigenvalue weighted by Gasteiger charge is 2.16. The number of halogens is 1. The summed E-state index contributed by atoms with van der Waals surface area (Å²) < 4.78 is 0. The van der Waals surface area contributed by atoms with Gasteiger partial charge in [-0.3, -0.25) is 15.6 Å². The zero-order valence-electron chi connectivity index (χ0n) is 13.3. The zero-order chi connectivity index (χ0) is 15.1. The second-order valence-electron chi connectivity index (χ2n) is 5.54. The molecule has 0 atom stereocenters. The first-order chi connectivity index (χ1) is 10.2. The van der Waals surface area contributed by atoms with Crippen LogP contribution in [0.1, 0.15) is 0 Å². The van der Waals surface area contributed by atoms with E-state index in [1.807, 2.05) is 17.6 Å². The first-order valence-corrected chi connectivity index (χ1v) is 7.33. The summed E-state index contributed by atoms with van der Waals surface area (Å²) in [5.41, 5.74) is 3.97. The van der Waals surface area contributed by atoms with Crippen LogP contribution in [0, 0.1) is 0 Å². The molecule has 0 amide bonds. The fourth-order valence-electron chi connectivity index (χ4n) is 2.42. The molecule has 1 aliphatic rings. The van der Waals surface area contributed by atoms with E-state index in [1.54, 1.807) is 0 Å². The Hall–Kier alpha value is -1.34. The number of nitrogens with one attached hydrogen (secondary N) is 1. The van der Waals surface area contributed by atoms with Crippen LogP contribution in [0.5, 0.6) is 0 Å². The smallest absolute Gasteiger partial charge is 0.113 e. The Morgan fingerprint density at radius 1 is 1.18 bits per heavy atom. The van der Waals surface area contributed by atoms with E-state index in [1.165, 1.54) is 12.0 Å². The number of hydrogen-bond donors (Lipinski definition) is 2. The van der Waals surface area contributed by atoms with Gasteiger partial charge in [0.05, 0.1) is 5.69 Å². The van der Waals surface area contributed by atoms with E-state index in [2.05, 4.69) is 45.9 Å². The van der Waals surface area contributed by atoms with Crippen LogP contribution in [0.2, 0.25) is 0 Å². The number of hydrogen-bond acceptors (Lipinski definition) is 5. The van der Waals surface area contributed by atoms with Gasteiger partial charge in [-0.2, -0.15) is 0 Å². The largest absolute Gasteiger partial charge is 0.369 e. The fourth-order valence-corrected chi connectivity index (χ4v) is 2.42. The maximum absolute atomic E-state index is 8.47. The van der Waals surface area contributed by atoms with Crippen LogP contribution >= 0.6 is 12.4 Å². The highest BCUT2D eigenvalue weighted by Crippen LogP contribution is 2.20. The van der Waals surface area contributed by atoms with Crippen molar-refractivity contribution >= 4 is 30.1 Å². The third-order valence-corrected chi connectivity index (χ3v) is 3.72. The van der Waals surface area contributed by atoms with Crippen molar-refractivity contribution in [3.05, 3.63) is 24.3 Å². The molecule has 7 heteroatoms. The number of aliphatic imine (C=N–C) groups is 1. The molecule has 2 rings (SSSR count). The standard InChI is InChI=1S/C15H25N5O.ClH/c1-18(2)7-8-19-9-11-20(12-10-19)15-5-3-14(4-6-15)16-13-17-21;/h3-6,13,21H,7-12H2,1-2H3,(H,16,17);1H. The fraction of sp³-hybridized carbons (Fsp3) is 0.533. The lowest BCUT2D eigenvalue weighted by atomic mass is 10.2. The number of piperazine rings is 1. The first kappa shape index (κ1) is 18.7. The van der Waals surface area contributed by atoms with Crippen molar-refractivity contribution in [3.63, 3.8) is 0 Å². The molecular formula is C15H26ClN5O. The van der Waals surface area contributed by atoms with E-state index in [0.717, 1.165) is 45.0 Å². The third-order valence-electron chi connectivity index (χ3n) is 3.72. The molecule has 1 fully saturated rings. The lowest BCUT2D eigenvalue weighted by Gasteiger charge is -2.36. The van der Waals surface area contributed by atoms with Gasteiger partial charge in [-0.25, -0.2) is 4.99 Å². The molecule has 0 unspecified atom stereocenters. The summed E-state index contributed by atoms with van der Waals surface area (Å²) in [6.45, 7) is 6.61. The van der Waals surface area contributed by atoms with Gasteiger partial charge in [0.1, 0.15) is 6.34 Å². The number of hydroxylamine groups is 1. The predicted octanol–water partition coefficient (Wildman–Crippen LogP) is 1.43. The van der Waals surface area contributed by atoms with Crippen molar-refractivity contribution in [2.24, 2.45) is 4.99 Å². The van der Waals surface area contributed by atoms with Crippen LogP contribution in [0.15, 0.2) is 29.3 Å². The van der Waals surface area contributed by atoms with Gasteiger partial charge in [-0.1, -0.05) is 0 Å². The molecule has 0 radical (unpaired) electrons. The van der Waals surface area contributed by atoms with Crippen LogP contribution in [0.3, 0.4) is 0 Å². The topological polar surface area (TPSA) is 54.3 Å². The van der Waals surface area contributed by atoms with Gasteiger partial charge in [0.2, 0.25) is 0 Å². The van der Waals surface area contributed by atoms with E-state index in [9.17, 15) is 0 Å². The van der Waals surface area contributed by atoms with E-state index < -0.39 is 0 Å². The Kier molecular flexibility index (Phi) is 8.19. The van der Waals surface area contributed by atoms with Crippen molar-refractivity contribution in [1.29, 1.82) is 0 Å². The average Bonchev–Trinajstić information content (AvgIpc) is 2.52. The molecule has 124 valence electrons. The monoisotopic (exact) mass is 327 g/mol. The number of anilines is 1. The summed E-state index contributed by atoms with van der Waals surface area (Å²) >= 11 is 0. The van der Waals surface area contributed by atoms with Crippen molar-refractivity contribution in [2.75, 3.05) is 58.3 Å². The Morgan fingerprint density at radius 3 is 2.36 bits per heavy atom. The second kappa shape index (κ2) is 9.63. The summed E-state index contributed by atoms with van der Waals surface area (Å²) in [7, 11) is 4.24. The summed E-state index contributed by atoms with van der Waals surface area (Å²) in [5.74, 6) is 0. The van der Waals surface area contributed by atoms with Crippen LogP contribution in [-0.2, 0) is 0 Å². The highest BCUT2D eigenvalue weighted by molar-refractivity contribution is 5.85. The first-order valence-electron chi connectivity index (χ1n) is 7.33. The minimum atomic E-state index is 0. The highest BCUT2D eigenvalue weighted by atomic mass is 35.5. The van der Waals surface area contributed by atoms with E-state index in [-0.39, 0.29) is 12.4 Å². The summed E-state index contributed by atoms with van der Waals surface area (Å²) in [5, 5.41) is 8.47. The molecule has 0 bridgehead atoms. The number of nitrogens with zero attached hydrogens (tertiary/aromatic N) is 4. The predicted molar refractivity (Wildman–Crippen MR) is 94.0 cm³/mol. The molecule has 22 heavy (non-hydrogen) atoms. The Balaban J connectivity index is 0.00000242. The van der Waals surface area contributed by atoms with Crippen molar-refractivity contribution in [1.82, 2.24) is 15.3 Å². The van der Waals surface area contributed by atoms with E-state index in [0.29, 0.717) is 0 Å². The van der Waals surface area contributed by atoms with E-state index >= 15 is 0 Å². The molecule has 0 spiro atoms. The molecule has 1 aromatic carbocycles. The molecule has 2 N–H and O–H groups in total. The average molecular weight is 328 g/mol. The van der Waals surface area contributed by atoms with Crippen LogP contribution < -0.4 is 10.4 Å². The third kappa shape index (κ3) is 5.81. The lowest BCUT2D eigenvalue weighted by molar-refractivity contribution is 0.229. The minimum Gasteiger partial charge on any atom is -0.369 e. The van der Waals surface area contributed by atoms with Crippen molar-refractivity contribution in [3.8, 4) is 0 Å². The van der Waals surface area contributed by atoms with Crippen LogP contribution in [0.25, 0.3) is 0 Å². The normalized spacial score (nSPS) is 16.1. The number of benzene rings is 1. The minimum absolute atomic E-state index is 0. The van der Waals surface area contributed by atoms with Gasteiger partial charge in [-0.05, 0) is 38.4 Å². The van der Waals surface area contributed by atoms with E-state index in [4.69, 9.17) is 5.21 Å². The van der Waals surface area contributed by atoms with Gasteiger partial charge < -0.3 is 9.80 Å². The molecule has 0 aliphatic carbocycles. The lowest BCUT2D eigenvalue weighted by Crippen LogP contribution is -2.48. The van der Waals surface area contributed by atoms with Crippen molar-refractivity contribution in [2.45, 2.75) is 0 Å². The Labute approximate surface area is 138 Å². The van der Waals surface area contributed by atoms with Crippen LogP contribution in [0.4, 0.5) is 11.4 Å². The van der Waals surface area contributed by atoms with Gasteiger partial charge >= 0.3 is 0 Å². The molecule has 6 nitrogen and oxygen atoms in total. The quantitative estimate of drug-likeness (QED) is 0.470. The Morgan fingerprint density at radius 2 is 1.82 bits per heavy atom. The van der Waals surface area contributed by atoms with Gasteiger partial charge in [0, 0.05) is 45.0 Å². The Bertz CT molecular complexity index is 444. The molecule has 0 aromatic heterocycles. The zero-order valence-corrected chi connectivity index (χ0v) is 14.1. The van der Waals surface area contributed by atoms with Crippen LogP contribution in [-0.4, -0.2) is 74.7 Å². The molecule has 1 aliphatic heterocycles. The van der Waals surface area contributed by atoms with Gasteiger partial charge in [0.25, 0.3) is 0 Å². The summed E-state index contributed by atoms with van der Waals surface area (Å²) in [4.78, 5) is 11.2. The summed E-state index contributed by atoms with van der Waals surface area (Å²) in [6.07, 6.45) is 1.26.